The number of aliphatic hydroxyl groups is 1. The number of β-amino-alcohol motifs (C(OH)–C–C–N with tert-alkyl or cyclic N) is 1. The van der Waals surface area contributed by atoms with Crippen LogP contribution in [0.4, 0.5) is 0 Å². The Morgan fingerprint density at radius 1 is 1.17 bits per heavy atom. The minimum atomic E-state index is -0.740. The number of aryl methyl sites for hydroxylation is 2. The Morgan fingerprint density at radius 2 is 1.89 bits per heavy atom. The van der Waals surface area contributed by atoms with Gasteiger partial charge < -0.3 is 15.3 Å². The Kier molecular flexibility index (Phi) is 7.63. The zero-order chi connectivity index (χ0) is 25.3. The second kappa shape index (κ2) is 10.5. The number of amides is 2. The summed E-state index contributed by atoms with van der Waals surface area (Å²) in [7, 11) is 0. The van der Waals surface area contributed by atoms with E-state index in [1.54, 1.807) is 18.3 Å². The standard InChI is InChI=1S/C25H31N5O3S2/c1-13(2)21(24-28-16(5)29-35-24)25(33)30-11-19(31)10-20(30)23(32)27-14(3)17-6-8-18(9-7-17)22-15(4)26-12-34-22/h6-9,12-14,19-21,31H,10-11H2,1-5H3,(H,27,32)/t14-,19+,20-,21+/m0/s1. The van der Waals surface area contributed by atoms with E-state index in [4.69, 9.17) is 0 Å². The fourth-order valence-electron chi connectivity index (χ4n) is 4.49. The molecule has 2 amide bonds. The molecule has 1 aliphatic heterocycles. The number of carbonyl (C=O) groups excluding carboxylic acids is 2. The van der Waals surface area contributed by atoms with Crippen molar-refractivity contribution in [3.05, 3.63) is 51.9 Å². The van der Waals surface area contributed by atoms with Crippen LogP contribution in [0.2, 0.25) is 0 Å². The topological polar surface area (TPSA) is 108 Å². The average Bonchev–Trinajstić information content (AvgIpc) is 3.53. The molecule has 0 bridgehead atoms. The third-order valence-corrected chi connectivity index (χ3v) is 8.25. The molecule has 2 aromatic heterocycles. The number of rotatable bonds is 7. The SMILES string of the molecule is Cc1nsc([C@H](C(=O)N2C[C@H](O)C[C@H]2C(=O)N[C@@H](C)c2ccc(-c3scnc3C)cc2)C(C)C)n1. The van der Waals surface area contributed by atoms with Crippen molar-refractivity contribution in [3.63, 3.8) is 0 Å². The van der Waals surface area contributed by atoms with Gasteiger partial charge in [0.25, 0.3) is 0 Å². The summed E-state index contributed by atoms with van der Waals surface area (Å²) in [4.78, 5) is 38.2. The van der Waals surface area contributed by atoms with Crippen molar-refractivity contribution >= 4 is 34.7 Å². The van der Waals surface area contributed by atoms with Gasteiger partial charge in [-0.3, -0.25) is 9.59 Å². The molecular formula is C25H31N5O3S2. The van der Waals surface area contributed by atoms with Gasteiger partial charge in [-0.15, -0.1) is 11.3 Å². The van der Waals surface area contributed by atoms with Crippen LogP contribution < -0.4 is 5.32 Å². The monoisotopic (exact) mass is 513 g/mol. The molecule has 0 radical (unpaired) electrons. The highest BCUT2D eigenvalue weighted by molar-refractivity contribution is 7.13. The Labute approximate surface area is 213 Å². The molecule has 0 saturated carbocycles. The number of likely N-dealkylation sites (tertiary alicyclic amines) is 1. The fourth-order valence-corrected chi connectivity index (χ4v) is 6.23. The second-order valence-electron chi connectivity index (χ2n) is 9.42. The highest BCUT2D eigenvalue weighted by atomic mass is 32.1. The van der Waals surface area contributed by atoms with E-state index in [1.165, 1.54) is 16.4 Å². The molecule has 4 rings (SSSR count). The Bertz CT molecular complexity index is 1190. The molecule has 2 N–H and O–H groups in total. The van der Waals surface area contributed by atoms with Gasteiger partial charge in [0.05, 0.1) is 34.1 Å². The fraction of sp³-hybridized carbons (Fsp3) is 0.480. The van der Waals surface area contributed by atoms with Crippen LogP contribution in [0.5, 0.6) is 0 Å². The van der Waals surface area contributed by atoms with E-state index in [0.29, 0.717) is 10.8 Å². The highest BCUT2D eigenvalue weighted by Crippen LogP contribution is 2.32. The van der Waals surface area contributed by atoms with E-state index in [0.717, 1.165) is 21.7 Å². The minimum absolute atomic E-state index is 0.0177. The maximum atomic E-state index is 13.6. The van der Waals surface area contributed by atoms with Gasteiger partial charge in [-0.05, 0) is 49.3 Å². The van der Waals surface area contributed by atoms with Gasteiger partial charge in [0, 0.05) is 13.0 Å². The summed E-state index contributed by atoms with van der Waals surface area (Å²) >= 11 is 2.82. The lowest BCUT2D eigenvalue weighted by atomic mass is 9.94. The van der Waals surface area contributed by atoms with Crippen molar-refractivity contribution in [2.24, 2.45) is 5.92 Å². The number of aromatic nitrogens is 3. The van der Waals surface area contributed by atoms with Crippen molar-refractivity contribution in [2.75, 3.05) is 6.54 Å². The first-order valence-electron chi connectivity index (χ1n) is 11.7. The van der Waals surface area contributed by atoms with Crippen molar-refractivity contribution < 1.29 is 14.7 Å². The minimum Gasteiger partial charge on any atom is -0.391 e. The molecule has 0 aliphatic carbocycles. The number of nitrogens with zero attached hydrogens (tertiary/aromatic N) is 4. The molecule has 8 nitrogen and oxygen atoms in total. The summed E-state index contributed by atoms with van der Waals surface area (Å²) in [5.41, 5.74) is 4.89. The lowest BCUT2D eigenvalue weighted by molar-refractivity contribution is -0.140. The number of carbonyl (C=O) groups is 2. The van der Waals surface area contributed by atoms with E-state index in [2.05, 4.69) is 19.7 Å². The lowest BCUT2D eigenvalue weighted by Gasteiger charge is -2.29. The smallest absolute Gasteiger partial charge is 0.243 e. The first-order chi connectivity index (χ1) is 16.7. The first-order valence-corrected chi connectivity index (χ1v) is 13.4. The van der Waals surface area contributed by atoms with Crippen LogP contribution in [0.15, 0.2) is 29.8 Å². The van der Waals surface area contributed by atoms with Gasteiger partial charge in [-0.25, -0.2) is 9.97 Å². The third-order valence-electron chi connectivity index (χ3n) is 6.38. The van der Waals surface area contributed by atoms with Gasteiger partial charge in [-0.2, -0.15) is 4.37 Å². The quantitative estimate of drug-likeness (QED) is 0.497. The van der Waals surface area contributed by atoms with E-state index in [9.17, 15) is 14.7 Å². The summed E-state index contributed by atoms with van der Waals surface area (Å²) in [5.74, 6) is -0.340. The molecule has 0 spiro atoms. The van der Waals surface area contributed by atoms with E-state index >= 15 is 0 Å². The van der Waals surface area contributed by atoms with Crippen molar-refractivity contribution in [1.29, 1.82) is 0 Å². The maximum Gasteiger partial charge on any atom is 0.243 e. The van der Waals surface area contributed by atoms with Crippen LogP contribution >= 0.6 is 22.9 Å². The molecule has 3 aromatic rings. The van der Waals surface area contributed by atoms with Crippen LogP contribution in [0.3, 0.4) is 0 Å². The number of aliphatic hydroxyl groups excluding tert-OH is 1. The lowest BCUT2D eigenvalue weighted by Crippen LogP contribution is -2.48. The first kappa shape index (κ1) is 25.4. The third kappa shape index (κ3) is 5.44. The van der Waals surface area contributed by atoms with Crippen LogP contribution in [0.25, 0.3) is 10.4 Å². The molecule has 1 fully saturated rings. The number of hydrogen-bond donors (Lipinski definition) is 2. The largest absolute Gasteiger partial charge is 0.391 e. The molecule has 3 heterocycles. The summed E-state index contributed by atoms with van der Waals surface area (Å²) in [6.07, 6.45) is -0.524. The Hall–Kier alpha value is -2.69. The molecule has 1 aromatic carbocycles. The van der Waals surface area contributed by atoms with Crippen LogP contribution in [-0.2, 0) is 9.59 Å². The summed E-state index contributed by atoms with van der Waals surface area (Å²) in [5, 5.41) is 14.0. The maximum absolute atomic E-state index is 13.6. The van der Waals surface area contributed by atoms with Crippen LogP contribution in [0, 0.1) is 19.8 Å². The molecule has 10 heteroatoms. The molecule has 35 heavy (non-hydrogen) atoms. The summed E-state index contributed by atoms with van der Waals surface area (Å²) in [6, 6.07) is 7.09. The van der Waals surface area contributed by atoms with Gasteiger partial charge in [0.2, 0.25) is 11.8 Å². The number of benzene rings is 1. The average molecular weight is 514 g/mol. The predicted octanol–water partition coefficient (Wildman–Crippen LogP) is 3.86. The van der Waals surface area contributed by atoms with Crippen molar-refractivity contribution in [3.8, 4) is 10.4 Å². The molecular weight excluding hydrogens is 482 g/mol. The van der Waals surface area contributed by atoms with E-state index < -0.39 is 18.1 Å². The molecule has 1 saturated heterocycles. The molecule has 4 atom stereocenters. The highest BCUT2D eigenvalue weighted by Gasteiger charge is 2.43. The zero-order valence-electron chi connectivity index (χ0n) is 20.6. The number of nitrogens with one attached hydrogen (secondary N) is 1. The van der Waals surface area contributed by atoms with Crippen molar-refractivity contribution in [2.45, 2.75) is 65.1 Å². The number of hydrogen-bond acceptors (Lipinski definition) is 8. The normalized spacial score (nSPS) is 19.7. The van der Waals surface area contributed by atoms with Gasteiger partial charge in [0.15, 0.2) is 0 Å². The zero-order valence-corrected chi connectivity index (χ0v) is 22.2. The molecule has 0 unspecified atom stereocenters. The second-order valence-corrected chi connectivity index (χ2v) is 11.1. The molecule has 1 aliphatic rings. The van der Waals surface area contributed by atoms with Gasteiger partial charge in [-0.1, -0.05) is 38.1 Å². The van der Waals surface area contributed by atoms with Crippen LogP contribution in [0.1, 0.15) is 61.2 Å². The predicted molar refractivity (Wildman–Crippen MR) is 137 cm³/mol. The Morgan fingerprint density at radius 3 is 2.46 bits per heavy atom. The van der Waals surface area contributed by atoms with Crippen LogP contribution in [-0.4, -0.2) is 54.9 Å². The summed E-state index contributed by atoms with van der Waals surface area (Å²) < 4.78 is 4.23. The van der Waals surface area contributed by atoms with Crippen molar-refractivity contribution in [1.82, 2.24) is 24.6 Å². The summed E-state index contributed by atoms with van der Waals surface area (Å²) in [6.45, 7) is 9.76. The van der Waals surface area contributed by atoms with Gasteiger partial charge >= 0.3 is 0 Å². The molecule has 186 valence electrons. The van der Waals surface area contributed by atoms with Gasteiger partial charge in [0.1, 0.15) is 16.9 Å². The van der Waals surface area contributed by atoms with E-state index in [-0.39, 0.29) is 36.7 Å². The van der Waals surface area contributed by atoms with E-state index in [1.807, 2.05) is 57.5 Å². The Balaban J connectivity index is 1.47. The number of thiazole rings is 1.